The second-order valence-corrected chi connectivity index (χ2v) is 4.22. The summed E-state index contributed by atoms with van der Waals surface area (Å²) in [7, 11) is 0. The van der Waals surface area contributed by atoms with Crippen molar-refractivity contribution >= 4 is 5.69 Å². The molecule has 0 unspecified atom stereocenters. The molecule has 0 aliphatic rings. The van der Waals surface area contributed by atoms with Crippen LogP contribution in [0, 0.1) is 0 Å². The molecule has 0 amide bonds. The summed E-state index contributed by atoms with van der Waals surface area (Å²) in [5, 5.41) is 8.83. The molecule has 1 atom stereocenters. The van der Waals surface area contributed by atoms with Gasteiger partial charge < -0.3 is 15.7 Å². The fourth-order valence-electron chi connectivity index (χ4n) is 1.65. The van der Waals surface area contributed by atoms with Crippen LogP contribution < -0.4 is 10.6 Å². The van der Waals surface area contributed by atoms with E-state index in [1.807, 2.05) is 6.92 Å². The summed E-state index contributed by atoms with van der Waals surface area (Å²) >= 11 is 0. The van der Waals surface area contributed by atoms with Gasteiger partial charge in [-0.2, -0.15) is 13.2 Å². The lowest BCUT2D eigenvalue weighted by molar-refractivity contribution is -0.119. The summed E-state index contributed by atoms with van der Waals surface area (Å²) < 4.78 is 37.2. The average molecular weight is 277 g/mol. The van der Waals surface area contributed by atoms with Crippen molar-refractivity contribution in [1.82, 2.24) is 4.98 Å². The Kier molecular flexibility index (Phi) is 5.56. The number of pyridine rings is 1. The Morgan fingerprint density at radius 3 is 2.53 bits per heavy atom. The highest BCUT2D eigenvalue weighted by Gasteiger charge is 2.30. The van der Waals surface area contributed by atoms with E-state index in [0.717, 1.165) is 4.90 Å². The third-order valence-electron chi connectivity index (χ3n) is 2.70. The molecule has 1 aromatic rings. The number of rotatable bonds is 6. The SMILES string of the molecule is CC[C@H](N)c1ccc(N(CCO)CC(F)(F)F)cn1. The van der Waals surface area contributed by atoms with E-state index in [0.29, 0.717) is 17.8 Å². The number of alkyl halides is 3. The van der Waals surface area contributed by atoms with E-state index in [-0.39, 0.29) is 19.2 Å². The van der Waals surface area contributed by atoms with Crippen molar-refractivity contribution in [2.24, 2.45) is 5.73 Å². The van der Waals surface area contributed by atoms with Crippen LogP contribution in [0.2, 0.25) is 0 Å². The van der Waals surface area contributed by atoms with Gasteiger partial charge in [0, 0.05) is 12.6 Å². The zero-order chi connectivity index (χ0) is 14.5. The number of hydrogen-bond acceptors (Lipinski definition) is 4. The van der Waals surface area contributed by atoms with Gasteiger partial charge in [0.1, 0.15) is 6.54 Å². The molecule has 1 heterocycles. The van der Waals surface area contributed by atoms with Crippen LogP contribution in [0.4, 0.5) is 18.9 Å². The molecule has 0 saturated heterocycles. The van der Waals surface area contributed by atoms with Crippen molar-refractivity contribution in [3.8, 4) is 0 Å². The Bertz CT molecular complexity index is 381. The fraction of sp³-hybridized carbons (Fsp3) is 0.583. The molecule has 0 spiro atoms. The lowest BCUT2D eigenvalue weighted by atomic mass is 10.1. The van der Waals surface area contributed by atoms with Crippen molar-refractivity contribution in [3.63, 3.8) is 0 Å². The number of aliphatic hydroxyl groups excluding tert-OH is 1. The van der Waals surface area contributed by atoms with Crippen LogP contribution in [0.3, 0.4) is 0 Å². The van der Waals surface area contributed by atoms with Crippen molar-refractivity contribution in [1.29, 1.82) is 0 Å². The van der Waals surface area contributed by atoms with E-state index in [2.05, 4.69) is 4.98 Å². The standard InChI is InChI=1S/C12H18F3N3O/c1-2-10(16)11-4-3-9(7-17-11)18(5-6-19)8-12(13,14)15/h3-4,7,10,19H,2,5-6,8,16H2,1H3/t10-/m0/s1. The normalized spacial score (nSPS) is 13.4. The molecule has 7 heteroatoms. The minimum Gasteiger partial charge on any atom is -0.395 e. The molecule has 19 heavy (non-hydrogen) atoms. The number of nitrogens with zero attached hydrogens (tertiary/aromatic N) is 2. The summed E-state index contributed by atoms with van der Waals surface area (Å²) in [6, 6.07) is 2.94. The summed E-state index contributed by atoms with van der Waals surface area (Å²) in [6.07, 6.45) is -2.27. The minimum atomic E-state index is -4.33. The van der Waals surface area contributed by atoms with Gasteiger partial charge in [0.05, 0.1) is 24.2 Å². The average Bonchev–Trinajstić information content (AvgIpc) is 2.36. The summed E-state index contributed by atoms with van der Waals surface area (Å²) in [4.78, 5) is 5.10. The molecule has 0 aromatic carbocycles. The first kappa shape index (κ1) is 15.7. The molecular weight excluding hydrogens is 259 g/mol. The first-order chi connectivity index (χ1) is 8.87. The number of halogens is 3. The molecule has 0 aliphatic heterocycles. The van der Waals surface area contributed by atoms with E-state index in [1.165, 1.54) is 6.20 Å². The first-order valence-electron chi connectivity index (χ1n) is 6.01. The molecule has 0 bridgehead atoms. The smallest absolute Gasteiger partial charge is 0.395 e. The highest BCUT2D eigenvalue weighted by molar-refractivity contribution is 5.45. The zero-order valence-electron chi connectivity index (χ0n) is 10.7. The van der Waals surface area contributed by atoms with Gasteiger partial charge in [-0.05, 0) is 18.6 Å². The molecule has 108 valence electrons. The van der Waals surface area contributed by atoms with Gasteiger partial charge in [-0.3, -0.25) is 4.98 Å². The van der Waals surface area contributed by atoms with Crippen LogP contribution in [0.15, 0.2) is 18.3 Å². The Labute approximate surface area is 110 Å². The minimum absolute atomic E-state index is 0.0969. The van der Waals surface area contributed by atoms with E-state index in [1.54, 1.807) is 12.1 Å². The fourth-order valence-corrected chi connectivity index (χ4v) is 1.65. The third kappa shape index (κ3) is 5.04. The number of aromatic nitrogens is 1. The lowest BCUT2D eigenvalue weighted by Crippen LogP contribution is -2.36. The Morgan fingerprint density at radius 2 is 2.11 bits per heavy atom. The van der Waals surface area contributed by atoms with Crippen LogP contribution in [0.1, 0.15) is 25.1 Å². The summed E-state index contributed by atoms with van der Waals surface area (Å²) in [6.45, 7) is 0.336. The van der Waals surface area contributed by atoms with Crippen molar-refractivity contribution in [2.75, 3.05) is 24.6 Å². The van der Waals surface area contributed by atoms with Gasteiger partial charge in [-0.25, -0.2) is 0 Å². The van der Waals surface area contributed by atoms with Gasteiger partial charge in [0.25, 0.3) is 0 Å². The first-order valence-corrected chi connectivity index (χ1v) is 6.01. The maximum Gasteiger partial charge on any atom is 0.405 e. The molecule has 0 fully saturated rings. The molecule has 1 rings (SSSR count). The van der Waals surface area contributed by atoms with Gasteiger partial charge in [-0.15, -0.1) is 0 Å². The Balaban J connectivity index is 2.85. The van der Waals surface area contributed by atoms with Crippen LogP contribution in [0.5, 0.6) is 0 Å². The monoisotopic (exact) mass is 277 g/mol. The molecule has 0 radical (unpaired) electrons. The maximum absolute atomic E-state index is 12.4. The highest BCUT2D eigenvalue weighted by Crippen LogP contribution is 2.22. The predicted octanol–water partition coefficient (Wildman–Crippen LogP) is 1.85. The maximum atomic E-state index is 12.4. The van der Waals surface area contributed by atoms with Gasteiger partial charge in [-0.1, -0.05) is 6.92 Å². The second kappa shape index (κ2) is 6.72. The van der Waals surface area contributed by atoms with Crippen molar-refractivity contribution in [2.45, 2.75) is 25.6 Å². The van der Waals surface area contributed by atoms with Crippen LogP contribution in [0.25, 0.3) is 0 Å². The number of nitrogens with two attached hydrogens (primary N) is 1. The third-order valence-corrected chi connectivity index (χ3v) is 2.70. The topological polar surface area (TPSA) is 62.4 Å². The number of hydrogen-bond donors (Lipinski definition) is 2. The van der Waals surface area contributed by atoms with E-state index in [9.17, 15) is 13.2 Å². The van der Waals surface area contributed by atoms with Gasteiger partial charge in [0.15, 0.2) is 0 Å². The van der Waals surface area contributed by atoms with Crippen molar-refractivity contribution in [3.05, 3.63) is 24.0 Å². The van der Waals surface area contributed by atoms with E-state index >= 15 is 0 Å². The predicted molar refractivity (Wildman–Crippen MR) is 66.8 cm³/mol. The van der Waals surface area contributed by atoms with Crippen LogP contribution in [-0.4, -0.2) is 36.0 Å². The molecular formula is C12H18F3N3O. The van der Waals surface area contributed by atoms with Crippen LogP contribution >= 0.6 is 0 Å². The molecule has 3 N–H and O–H groups in total. The zero-order valence-corrected chi connectivity index (χ0v) is 10.7. The second-order valence-electron chi connectivity index (χ2n) is 4.22. The van der Waals surface area contributed by atoms with Gasteiger partial charge >= 0.3 is 6.18 Å². The number of aliphatic hydroxyl groups is 1. The van der Waals surface area contributed by atoms with Crippen LogP contribution in [-0.2, 0) is 0 Å². The molecule has 0 aliphatic carbocycles. The Morgan fingerprint density at radius 1 is 1.42 bits per heavy atom. The lowest BCUT2D eigenvalue weighted by Gasteiger charge is -2.25. The Hall–Kier alpha value is -1.34. The number of anilines is 1. The van der Waals surface area contributed by atoms with Gasteiger partial charge in [0.2, 0.25) is 0 Å². The molecule has 1 aromatic heterocycles. The molecule has 4 nitrogen and oxygen atoms in total. The summed E-state index contributed by atoms with van der Waals surface area (Å²) in [5.74, 6) is 0. The quantitative estimate of drug-likeness (QED) is 0.833. The largest absolute Gasteiger partial charge is 0.405 e. The van der Waals surface area contributed by atoms with Crippen molar-refractivity contribution < 1.29 is 18.3 Å². The van der Waals surface area contributed by atoms with E-state index < -0.39 is 12.7 Å². The highest BCUT2D eigenvalue weighted by atomic mass is 19.4. The molecule has 0 saturated carbocycles. The summed E-state index contributed by atoms with van der Waals surface area (Å²) in [5.41, 5.74) is 6.74. The van der Waals surface area contributed by atoms with E-state index in [4.69, 9.17) is 10.8 Å².